The first-order valence-electron chi connectivity index (χ1n) is 8.00. The van der Waals surface area contributed by atoms with Crippen molar-refractivity contribution in [1.82, 2.24) is 10.9 Å². The van der Waals surface area contributed by atoms with E-state index in [1.807, 2.05) is 56.3 Å². The first kappa shape index (κ1) is 18.3. The van der Waals surface area contributed by atoms with Gasteiger partial charge in [-0.2, -0.15) is 0 Å². The second-order valence-corrected chi connectivity index (χ2v) is 5.54. The smallest absolute Gasteiger partial charge is 0.276 e. The number of hydrogen-bond donors (Lipinski definition) is 2. The molecule has 2 aromatic carbocycles. The summed E-state index contributed by atoms with van der Waals surface area (Å²) in [5, 5.41) is 0. The number of hydrogen-bond acceptors (Lipinski definition) is 4. The summed E-state index contributed by atoms with van der Waals surface area (Å²) in [6.45, 7) is 4.02. The molecule has 0 unspecified atom stereocenters. The van der Waals surface area contributed by atoms with Crippen LogP contribution >= 0.6 is 0 Å². The van der Waals surface area contributed by atoms with E-state index in [4.69, 9.17) is 9.47 Å². The van der Waals surface area contributed by atoms with Crippen LogP contribution in [0.25, 0.3) is 0 Å². The second kappa shape index (κ2) is 9.32. The van der Waals surface area contributed by atoms with Gasteiger partial charge in [-0.25, -0.2) is 0 Å². The summed E-state index contributed by atoms with van der Waals surface area (Å²) in [6.07, 6.45) is 0.132. The van der Waals surface area contributed by atoms with E-state index in [0.717, 1.165) is 11.1 Å². The molecule has 0 radical (unpaired) electrons. The maximum atomic E-state index is 11.7. The van der Waals surface area contributed by atoms with Crippen LogP contribution in [0.15, 0.2) is 48.5 Å². The number of carbonyl (C=O) groups is 2. The summed E-state index contributed by atoms with van der Waals surface area (Å²) in [7, 11) is 0. The molecule has 0 heterocycles. The molecule has 2 rings (SSSR count). The maximum absolute atomic E-state index is 11.7. The lowest BCUT2D eigenvalue weighted by molar-refractivity contribution is -0.130. The van der Waals surface area contributed by atoms with E-state index in [1.54, 1.807) is 6.07 Å². The first-order chi connectivity index (χ1) is 12.0. The molecule has 132 valence electrons. The standard InChI is InChI=1S/C19H22N2O4/c1-14-8-9-17(12-15(14)2)25-13-19(23)21-20-18(22)10-11-24-16-6-4-3-5-7-16/h3-9,12H,10-11,13H2,1-2H3,(H,20,22)(H,21,23). The maximum Gasteiger partial charge on any atom is 0.276 e. The first-order valence-corrected chi connectivity index (χ1v) is 8.00. The van der Waals surface area contributed by atoms with E-state index in [1.165, 1.54) is 0 Å². The van der Waals surface area contributed by atoms with Gasteiger partial charge < -0.3 is 9.47 Å². The summed E-state index contributed by atoms with van der Waals surface area (Å²) in [5.41, 5.74) is 6.88. The zero-order valence-electron chi connectivity index (χ0n) is 14.4. The molecular formula is C19H22N2O4. The third kappa shape index (κ3) is 6.55. The molecule has 0 aromatic heterocycles. The highest BCUT2D eigenvalue weighted by molar-refractivity contribution is 5.82. The Morgan fingerprint density at radius 1 is 0.840 bits per heavy atom. The van der Waals surface area contributed by atoms with Crippen molar-refractivity contribution in [3.8, 4) is 11.5 Å². The number of amides is 2. The molecule has 25 heavy (non-hydrogen) atoms. The van der Waals surface area contributed by atoms with Crippen LogP contribution < -0.4 is 20.3 Å². The van der Waals surface area contributed by atoms with Crippen LogP contribution in [0.3, 0.4) is 0 Å². The highest BCUT2D eigenvalue weighted by atomic mass is 16.5. The van der Waals surface area contributed by atoms with Crippen LogP contribution in [0.2, 0.25) is 0 Å². The normalized spacial score (nSPS) is 10.0. The van der Waals surface area contributed by atoms with Crippen molar-refractivity contribution in [1.29, 1.82) is 0 Å². The fourth-order valence-corrected chi connectivity index (χ4v) is 1.97. The van der Waals surface area contributed by atoms with Gasteiger partial charge in [0.2, 0.25) is 5.91 Å². The Kier molecular flexibility index (Phi) is 6.83. The number of aryl methyl sites for hydroxylation is 2. The highest BCUT2D eigenvalue weighted by Crippen LogP contribution is 2.16. The van der Waals surface area contributed by atoms with E-state index < -0.39 is 5.91 Å². The van der Waals surface area contributed by atoms with Gasteiger partial charge in [0.1, 0.15) is 11.5 Å². The molecule has 0 spiro atoms. The van der Waals surface area contributed by atoms with E-state index in [2.05, 4.69) is 10.9 Å². The van der Waals surface area contributed by atoms with Crippen molar-refractivity contribution in [2.45, 2.75) is 20.3 Å². The quantitative estimate of drug-likeness (QED) is 0.757. The number of ether oxygens (including phenoxy) is 2. The fraction of sp³-hybridized carbons (Fsp3) is 0.263. The van der Waals surface area contributed by atoms with Crippen molar-refractivity contribution in [3.05, 3.63) is 59.7 Å². The summed E-state index contributed by atoms with van der Waals surface area (Å²) in [4.78, 5) is 23.3. The minimum absolute atomic E-state index is 0.132. The van der Waals surface area contributed by atoms with Gasteiger partial charge in [0, 0.05) is 0 Å². The van der Waals surface area contributed by atoms with Gasteiger partial charge in [-0.3, -0.25) is 20.4 Å². The van der Waals surface area contributed by atoms with E-state index >= 15 is 0 Å². The van der Waals surface area contributed by atoms with Crippen molar-refractivity contribution < 1.29 is 19.1 Å². The van der Waals surface area contributed by atoms with Gasteiger partial charge in [-0.1, -0.05) is 24.3 Å². The molecular weight excluding hydrogens is 320 g/mol. The highest BCUT2D eigenvalue weighted by Gasteiger charge is 2.06. The third-order valence-corrected chi connectivity index (χ3v) is 3.53. The van der Waals surface area contributed by atoms with Gasteiger partial charge in [0.25, 0.3) is 5.91 Å². The minimum Gasteiger partial charge on any atom is -0.493 e. The zero-order chi connectivity index (χ0) is 18.1. The van der Waals surface area contributed by atoms with Gasteiger partial charge in [0.15, 0.2) is 6.61 Å². The molecule has 0 aliphatic heterocycles. The Morgan fingerprint density at radius 3 is 2.28 bits per heavy atom. The van der Waals surface area contributed by atoms with Crippen molar-refractivity contribution in [3.63, 3.8) is 0 Å². The molecule has 6 heteroatoms. The topological polar surface area (TPSA) is 76.7 Å². The third-order valence-electron chi connectivity index (χ3n) is 3.53. The van der Waals surface area contributed by atoms with Gasteiger partial charge >= 0.3 is 0 Å². The number of carbonyl (C=O) groups excluding carboxylic acids is 2. The Balaban J connectivity index is 1.62. The molecule has 0 bridgehead atoms. The summed E-state index contributed by atoms with van der Waals surface area (Å²) < 4.78 is 10.8. The summed E-state index contributed by atoms with van der Waals surface area (Å²) in [5.74, 6) is 0.535. The van der Waals surface area contributed by atoms with Crippen molar-refractivity contribution >= 4 is 11.8 Å². The van der Waals surface area contributed by atoms with Crippen LogP contribution in [0.1, 0.15) is 17.5 Å². The Morgan fingerprint density at radius 2 is 1.56 bits per heavy atom. The van der Waals surface area contributed by atoms with Crippen LogP contribution in [0, 0.1) is 13.8 Å². The van der Waals surface area contributed by atoms with Gasteiger partial charge in [-0.05, 0) is 49.2 Å². The lowest BCUT2D eigenvalue weighted by Crippen LogP contribution is -2.44. The van der Waals surface area contributed by atoms with Crippen LogP contribution in [-0.2, 0) is 9.59 Å². The van der Waals surface area contributed by atoms with Crippen LogP contribution in [0.5, 0.6) is 11.5 Å². The number of para-hydroxylation sites is 1. The SMILES string of the molecule is Cc1ccc(OCC(=O)NNC(=O)CCOc2ccccc2)cc1C. The molecule has 0 atom stereocenters. The largest absolute Gasteiger partial charge is 0.493 e. The molecule has 0 fully saturated rings. The Bertz CT molecular complexity index is 717. The van der Waals surface area contributed by atoms with Crippen LogP contribution in [-0.4, -0.2) is 25.0 Å². The fourth-order valence-electron chi connectivity index (χ4n) is 1.97. The zero-order valence-corrected chi connectivity index (χ0v) is 14.4. The van der Waals surface area contributed by atoms with Crippen molar-refractivity contribution in [2.24, 2.45) is 0 Å². The average Bonchev–Trinajstić information content (AvgIpc) is 2.62. The molecule has 2 N–H and O–H groups in total. The number of rotatable bonds is 7. The van der Waals surface area contributed by atoms with E-state index in [-0.39, 0.29) is 25.5 Å². The average molecular weight is 342 g/mol. The lowest BCUT2D eigenvalue weighted by Gasteiger charge is -2.10. The minimum atomic E-state index is -0.435. The number of nitrogens with one attached hydrogen (secondary N) is 2. The van der Waals surface area contributed by atoms with Gasteiger partial charge in [0.05, 0.1) is 13.0 Å². The molecule has 0 saturated carbocycles. The monoisotopic (exact) mass is 342 g/mol. The second-order valence-electron chi connectivity index (χ2n) is 5.54. The molecule has 0 saturated heterocycles. The van der Waals surface area contributed by atoms with Crippen LogP contribution in [0.4, 0.5) is 0 Å². The lowest BCUT2D eigenvalue weighted by atomic mass is 10.1. The summed E-state index contributed by atoms with van der Waals surface area (Å²) in [6, 6.07) is 14.8. The predicted octanol–water partition coefficient (Wildman–Crippen LogP) is 2.30. The predicted molar refractivity (Wildman–Crippen MR) is 94.3 cm³/mol. The number of benzene rings is 2. The molecule has 2 amide bonds. The summed E-state index contributed by atoms with van der Waals surface area (Å²) >= 11 is 0. The van der Waals surface area contributed by atoms with E-state index in [0.29, 0.717) is 11.5 Å². The van der Waals surface area contributed by atoms with E-state index in [9.17, 15) is 9.59 Å². The molecule has 0 aliphatic rings. The number of hydrazine groups is 1. The molecule has 2 aromatic rings. The van der Waals surface area contributed by atoms with Gasteiger partial charge in [-0.15, -0.1) is 0 Å². The molecule has 0 aliphatic carbocycles. The molecule has 6 nitrogen and oxygen atoms in total. The Labute approximate surface area is 147 Å². The van der Waals surface area contributed by atoms with Crippen molar-refractivity contribution in [2.75, 3.05) is 13.2 Å². The Hall–Kier alpha value is -3.02.